The molecule has 0 aromatic heterocycles. The standard InChI is InChI=1S/C20H29N3O3/c1-4-23(16-8-10-21(2)11-9-16)19(24)17-7-5-6-15-14-22(12-13-26-3)20(25)18(15)17/h5-7,16H,4,8-14H2,1-3H3. The third-order valence-electron chi connectivity index (χ3n) is 5.54. The molecule has 2 heterocycles. The normalized spacial score (nSPS) is 18.3. The zero-order valence-corrected chi connectivity index (χ0v) is 16.0. The summed E-state index contributed by atoms with van der Waals surface area (Å²) >= 11 is 0. The van der Waals surface area contributed by atoms with E-state index in [1.165, 1.54) is 0 Å². The van der Waals surface area contributed by atoms with Crippen LogP contribution in [0.3, 0.4) is 0 Å². The second-order valence-corrected chi connectivity index (χ2v) is 7.18. The van der Waals surface area contributed by atoms with Crippen molar-refractivity contribution in [3.05, 3.63) is 34.9 Å². The highest BCUT2D eigenvalue weighted by atomic mass is 16.5. The molecular formula is C20H29N3O3. The number of benzene rings is 1. The molecule has 2 aliphatic heterocycles. The highest BCUT2D eigenvalue weighted by Gasteiger charge is 2.34. The lowest BCUT2D eigenvalue weighted by Gasteiger charge is -2.37. The minimum Gasteiger partial charge on any atom is -0.383 e. The predicted molar refractivity (Wildman–Crippen MR) is 100 cm³/mol. The number of amides is 2. The molecule has 0 atom stereocenters. The van der Waals surface area contributed by atoms with Gasteiger partial charge in [0.05, 0.1) is 17.7 Å². The third-order valence-corrected chi connectivity index (χ3v) is 5.54. The molecule has 0 N–H and O–H groups in total. The molecule has 1 fully saturated rings. The van der Waals surface area contributed by atoms with Crippen LogP contribution in [0.4, 0.5) is 0 Å². The number of likely N-dealkylation sites (tertiary alicyclic amines) is 1. The molecule has 1 saturated heterocycles. The first-order chi connectivity index (χ1) is 12.6. The summed E-state index contributed by atoms with van der Waals surface area (Å²) in [7, 11) is 3.75. The van der Waals surface area contributed by atoms with Crippen molar-refractivity contribution >= 4 is 11.8 Å². The van der Waals surface area contributed by atoms with Crippen LogP contribution in [0.1, 0.15) is 46.0 Å². The van der Waals surface area contributed by atoms with Crippen LogP contribution < -0.4 is 0 Å². The quantitative estimate of drug-likeness (QED) is 0.778. The second-order valence-electron chi connectivity index (χ2n) is 7.18. The van der Waals surface area contributed by atoms with Crippen molar-refractivity contribution < 1.29 is 14.3 Å². The molecule has 142 valence electrons. The van der Waals surface area contributed by atoms with Gasteiger partial charge in [-0.25, -0.2) is 0 Å². The monoisotopic (exact) mass is 359 g/mol. The summed E-state index contributed by atoms with van der Waals surface area (Å²) < 4.78 is 5.10. The maximum Gasteiger partial charge on any atom is 0.255 e. The number of carbonyl (C=O) groups is 2. The summed E-state index contributed by atoms with van der Waals surface area (Å²) in [4.78, 5) is 32.2. The van der Waals surface area contributed by atoms with Crippen LogP contribution in [0.2, 0.25) is 0 Å². The Bertz CT molecular complexity index is 668. The number of ether oxygens (including phenoxy) is 1. The molecule has 0 radical (unpaired) electrons. The van der Waals surface area contributed by atoms with E-state index in [9.17, 15) is 9.59 Å². The molecular weight excluding hydrogens is 330 g/mol. The van der Waals surface area contributed by atoms with E-state index >= 15 is 0 Å². The number of fused-ring (bicyclic) bond motifs is 1. The molecule has 1 aromatic rings. The minimum atomic E-state index is -0.0552. The molecule has 6 nitrogen and oxygen atoms in total. The van der Waals surface area contributed by atoms with Crippen LogP contribution >= 0.6 is 0 Å². The Morgan fingerprint density at radius 2 is 2.04 bits per heavy atom. The van der Waals surface area contributed by atoms with Crippen LogP contribution in [0.15, 0.2) is 18.2 Å². The van der Waals surface area contributed by atoms with Gasteiger partial charge in [-0.05, 0) is 51.5 Å². The fourth-order valence-corrected chi connectivity index (χ4v) is 4.01. The average Bonchev–Trinajstić information content (AvgIpc) is 2.98. The first-order valence-electron chi connectivity index (χ1n) is 9.46. The van der Waals surface area contributed by atoms with Gasteiger partial charge in [-0.3, -0.25) is 9.59 Å². The lowest BCUT2D eigenvalue weighted by atomic mass is 9.98. The average molecular weight is 359 g/mol. The first-order valence-corrected chi connectivity index (χ1v) is 9.46. The van der Waals surface area contributed by atoms with Crippen molar-refractivity contribution in [2.24, 2.45) is 0 Å². The van der Waals surface area contributed by atoms with Gasteiger partial charge in [0.15, 0.2) is 0 Å². The Hall–Kier alpha value is -1.92. The number of methoxy groups -OCH3 is 1. The molecule has 2 aliphatic rings. The van der Waals surface area contributed by atoms with Gasteiger partial charge in [0, 0.05) is 32.8 Å². The number of carbonyl (C=O) groups excluding carboxylic acids is 2. The van der Waals surface area contributed by atoms with Gasteiger partial charge in [0.2, 0.25) is 0 Å². The Morgan fingerprint density at radius 1 is 1.31 bits per heavy atom. The summed E-state index contributed by atoms with van der Waals surface area (Å²) in [6.07, 6.45) is 1.97. The van der Waals surface area contributed by atoms with Gasteiger partial charge in [0.1, 0.15) is 0 Å². The van der Waals surface area contributed by atoms with Crippen LogP contribution in [-0.4, -0.2) is 79.5 Å². The van der Waals surface area contributed by atoms with Crippen LogP contribution in [0.5, 0.6) is 0 Å². The summed E-state index contributed by atoms with van der Waals surface area (Å²) in [5.41, 5.74) is 2.07. The Morgan fingerprint density at radius 3 is 2.69 bits per heavy atom. The van der Waals surface area contributed by atoms with E-state index in [2.05, 4.69) is 11.9 Å². The molecule has 26 heavy (non-hydrogen) atoms. The molecule has 1 aromatic carbocycles. The first kappa shape index (κ1) is 18.9. The maximum absolute atomic E-state index is 13.3. The summed E-state index contributed by atoms with van der Waals surface area (Å²) in [5, 5.41) is 0. The highest BCUT2D eigenvalue weighted by Crippen LogP contribution is 2.28. The van der Waals surface area contributed by atoms with Gasteiger partial charge in [0.25, 0.3) is 11.8 Å². The lowest BCUT2D eigenvalue weighted by molar-refractivity contribution is 0.0597. The fraction of sp³-hybridized carbons (Fsp3) is 0.600. The van der Waals surface area contributed by atoms with Gasteiger partial charge in [-0.15, -0.1) is 0 Å². The summed E-state index contributed by atoms with van der Waals surface area (Å²) in [6.45, 7) is 6.30. The van der Waals surface area contributed by atoms with Gasteiger partial charge in [-0.1, -0.05) is 12.1 Å². The van der Waals surface area contributed by atoms with Crippen molar-refractivity contribution in [2.45, 2.75) is 32.4 Å². The highest BCUT2D eigenvalue weighted by molar-refractivity contribution is 6.09. The summed E-state index contributed by atoms with van der Waals surface area (Å²) in [5.74, 6) is -0.0683. The molecule has 0 bridgehead atoms. The smallest absolute Gasteiger partial charge is 0.255 e. The van der Waals surface area contributed by atoms with Crippen molar-refractivity contribution in [1.82, 2.24) is 14.7 Å². The number of hydrogen-bond acceptors (Lipinski definition) is 4. The maximum atomic E-state index is 13.3. The van der Waals surface area contributed by atoms with E-state index in [0.717, 1.165) is 31.5 Å². The van der Waals surface area contributed by atoms with Crippen molar-refractivity contribution in [3.8, 4) is 0 Å². The number of rotatable bonds is 6. The van der Waals surface area contributed by atoms with Crippen molar-refractivity contribution in [2.75, 3.05) is 46.9 Å². The molecule has 0 aliphatic carbocycles. The van der Waals surface area contributed by atoms with E-state index < -0.39 is 0 Å². The summed E-state index contributed by atoms with van der Waals surface area (Å²) in [6, 6.07) is 5.89. The number of nitrogens with zero attached hydrogens (tertiary/aromatic N) is 3. The van der Waals surface area contributed by atoms with E-state index in [1.807, 2.05) is 24.0 Å². The van der Waals surface area contributed by atoms with Crippen LogP contribution in [-0.2, 0) is 11.3 Å². The SMILES string of the molecule is CCN(C(=O)c1cccc2c1C(=O)N(CCOC)C2)C1CCN(C)CC1. The molecule has 3 rings (SSSR count). The molecule has 0 spiro atoms. The van der Waals surface area contributed by atoms with Crippen molar-refractivity contribution in [3.63, 3.8) is 0 Å². The van der Waals surface area contributed by atoms with Crippen molar-refractivity contribution in [1.29, 1.82) is 0 Å². The minimum absolute atomic E-state index is 0.0131. The molecule has 0 unspecified atom stereocenters. The van der Waals surface area contributed by atoms with E-state index in [4.69, 9.17) is 4.74 Å². The van der Waals surface area contributed by atoms with Gasteiger partial charge in [-0.2, -0.15) is 0 Å². The Kier molecular flexibility index (Phi) is 5.94. The predicted octanol–water partition coefficient (Wildman–Crippen LogP) is 1.85. The van der Waals surface area contributed by atoms with E-state index in [0.29, 0.717) is 37.4 Å². The number of hydrogen-bond donors (Lipinski definition) is 0. The molecule has 2 amide bonds. The third kappa shape index (κ3) is 3.62. The van der Waals surface area contributed by atoms with Gasteiger partial charge >= 0.3 is 0 Å². The Labute approximate surface area is 155 Å². The largest absolute Gasteiger partial charge is 0.383 e. The second kappa shape index (κ2) is 8.18. The topological polar surface area (TPSA) is 53.1 Å². The Balaban J connectivity index is 1.83. The van der Waals surface area contributed by atoms with Crippen LogP contribution in [0, 0.1) is 0 Å². The van der Waals surface area contributed by atoms with Gasteiger partial charge < -0.3 is 19.4 Å². The zero-order chi connectivity index (χ0) is 18.7. The fourth-order valence-electron chi connectivity index (χ4n) is 4.01. The van der Waals surface area contributed by atoms with Crippen LogP contribution in [0.25, 0.3) is 0 Å². The van der Waals surface area contributed by atoms with E-state index in [1.54, 1.807) is 18.1 Å². The number of piperidine rings is 1. The molecule has 0 saturated carbocycles. The lowest BCUT2D eigenvalue weighted by Crippen LogP contribution is -2.46. The van der Waals surface area contributed by atoms with E-state index in [-0.39, 0.29) is 17.9 Å². The zero-order valence-electron chi connectivity index (χ0n) is 16.0. The molecule has 6 heteroatoms.